The number of aromatic nitrogens is 3. The molecule has 0 atom stereocenters. The number of nitrogens with two attached hydrogens (primary N) is 1. The second kappa shape index (κ2) is 11.7. The van der Waals surface area contributed by atoms with Gasteiger partial charge in [-0.15, -0.1) is 0 Å². The average Bonchev–Trinajstić information content (AvgIpc) is 2.91. The number of anilines is 2. The zero-order chi connectivity index (χ0) is 26.4. The van der Waals surface area contributed by atoms with Crippen LogP contribution < -0.4 is 31.4 Å². The van der Waals surface area contributed by atoms with E-state index in [0.717, 1.165) is 19.6 Å². The molecular weight excluding hydrogens is 478 g/mol. The Morgan fingerprint density at radius 3 is 2.54 bits per heavy atom. The molecule has 4 N–H and O–H groups in total. The number of pyridine rings is 1. The summed E-state index contributed by atoms with van der Waals surface area (Å²) in [5, 5.41) is 6.36. The first-order valence-corrected chi connectivity index (χ1v) is 12.1. The summed E-state index contributed by atoms with van der Waals surface area (Å²) in [7, 11) is 2.99. The second-order valence-electron chi connectivity index (χ2n) is 8.78. The molecule has 0 radical (unpaired) electrons. The molecule has 12 heteroatoms. The number of nitrogens with one attached hydrogen (secondary N) is 2. The average molecular weight is 510 g/mol. The van der Waals surface area contributed by atoms with Gasteiger partial charge in [0, 0.05) is 37.9 Å². The maximum atomic E-state index is 13.0. The Balaban J connectivity index is 1.48. The van der Waals surface area contributed by atoms with Crippen molar-refractivity contribution in [1.29, 1.82) is 0 Å². The fourth-order valence-electron chi connectivity index (χ4n) is 4.25. The SMILES string of the molecule is COc1c(OCC(=O)NCCN2CCCCC2)ccc2c(=O)n(C)c(NC(=O)c3cnc(N)nc3)cc12. The van der Waals surface area contributed by atoms with E-state index in [9.17, 15) is 14.4 Å². The van der Waals surface area contributed by atoms with E-state index in [1.165, 1.54) is 43.3 Å². The van der Waals surface area contributed by atoms with Gasteiger partial charge in [0.15, 0.2) is 18.1 Å². The fourth-order valence-corrected chi connectivity index (χ4v) is 4.25. The molecule has 0 aliphatic carbocycles. The molecule has 12 nitrogen and oxygen atoms in total. The monoisotopic (exact) mass is 509 g/mol. The third-order valence-electron chi connectivity index (χ3n) is 6.27. The molecule has 1 saturated heterocycles. The molecule has 0 saturated carbocycles. The van der Waals surface area contributed by atoms with Crippen LogP contribution in [0.2, 0.25) is 0 Å². The van der Waals surface area contributed by atoms with Crippen LogP contribution in [0.1, 0.15) is 29.6 Å². The van der Waals surface area contributed by atoms with E-state index >= 15 is 0 Å². The van der Waals surface area contributed by atoms with E-state index in [0.29, 0.717) is 23.1 Å². The standard InChI is InChI=1S/C25H31N7O5/c1-31-20(30-23(34)16-13-28-25(26)29-14-16)12-18-17(24(31)35)6-7-19(22(18)36-2)37-15-21(33)27-8-11-32-9-4-3-5-10-32/h6-7,12-14H,3-5,8-11,15H2,1-2H3,(H,27,33)(H,30,34)(H2,26,28,29). The van der Waals surface area contributed by atoms with Crippen LogP contribution in [0, 0.1) is 0 Å². The Bertz CT molecular complexity index is 1330. The number of fused-ring (bicyclic) bond motifs is 1. The van der Waals surface area contributed by atoms with Crippen molar-refractivity contribution < 1.29 is 19.1 Å². The van der Waals surface area contributed by atoms with Crippen LogP contribution in [0.25, 0.3) is 10.8 Å². The van der Waals surface area contributed by atoms with Gasteiger partial charge in [0.1, 0.15) is 5.82 Å². The number of amides is 2. The zero-order valence-electron chi connectivity index (χ0n) is 21.0. The molecule has 4 rings (SSSR count). The van der Waals surface area contributed by atoms with Crippen molar-refractivity contribution in [2.45, 2.75) is 19.3 Å². The molecule has 1 aromatic carbocycles. The fraction of sp³-hybridized carbons (Fsp3) is 0.400. The molecule has 1 fully saturated rings. The predicted octanol–water partition coefficient (Wildman–Crippen LogP) is 1.15. The van der Waals surface area contributed by atoms with Crippen LogP contribution in [-0.4, -0.2) is 71.1 Å². The minimum absolute atomic E-state index is 0.0441. The number of carbonyl (C=O) groups excluding carboxylic acids is 2. The lowest BCUT2D eigenvalue weighted by atomic mass is 10.1. The van der Waals surface area contributed by atoms with Gasteiger partial charge in [0.2, 0.25) is 5.95 Å². The Morgan fingerprint density at radius 1 is 1.11 bits per heavy atom. The van der Waals surface area contributed by atoms with Crippen molar-refractivity contribution in [3.63, 3.8) is 0 Å². The van der Waals surface area contributed by atoms with Gasteiger partial charge in [0.05, 0.1) is 18.1 Å². The number of piperidine rings is 1. The van der Waals surface area contributed by atoms with Gasteiger partial charge in [-0.1, -0.05) is 6.42 Å². The predicted molar refractivity (Wildman–Crippen MR) is 139 cm³/mol. The first kappa shape index (κ1) is 25.9. The zero-order valence-corrected chi connectivity index (χ0v) is 21.0. The van der Waals surface area contributed by atoms with Gasteiger partial charge < -0.3 is 30.7 Å². The number of hydrogen-bond donors (Lipinski definition) is 3. The van der Waals surface area contributed by atoms with Gasteiger partial charge in [0.25, 0.3) is 17.4 Å². The Labute approximate surface area is 213 Å². The van der Waals surface area contributed by atoms with Crippen molar-refractivity contribution >= 4 is 34.4 Å². The van der Waals surface area contributed by atoms with E-state index in [1.807, 2.05) is 0 Å². The largest absolute Gasteiger partial charge is 0.492 e. The summed E-state index contributed by atoms with van der Waals surface area (Å²) in [5.74, 6) is 0.0952. The first-order chi connectivity index (χ1) is 17.9. The molecule has 37 heavy (non-hydrogen) atoms. The van der Waals surface area contributed by atoms with E-state index in [2.05, 4.69) is 25.5 Å². The van der Waals surface area contributed by atoms with Crippen LogP contribution >= 0.6 is 0 Å². The molecule has 196 valence electrons. The normalized spacial score (nSPS) is 13.8. The third-order valence-corrected chi connectivity index (χ3v) is 6.27. The number of nitrogen functional groups attached to an aromatic ring is 1. The molecule has 2 amide bonds. The number of carbonyl (C=O) groups is 2. The number of hydrogen-bond acceptors (Lipinski definition) is 9. The van der Waals surface area contributed by atoms with Crippen molar-refractivity contribution in [1.82, 2.24) is 24.8 Å². The smallest absolute Gasteiger partial charge is 0.259 e. The van der Waals surface area contributed by atoms with Gasteiger partial charge in [-0.2, -0.15) is 0 Å². The van der Waals surface area contributed by atoms with Gasteiger partial charge in [-0.05, 0) is 44.1 Å². The number of rotatable bonds is 9. The van der Waals surface area contributed by atoms with Crippen molar-refractivity contribution in [2.24, 2.45) is 7.05 Å². The molecule has 3 aromatic rings. The molecule has 1 aliphatic heterocycles. The van der Waals surface area contributed by atoms with Crippen LogP contribution in [0.15, 0.2) is 35.4 Å². The molecule has 0 spiro atoms. The molecule has 0 unspecified atom stereocenters. The highest BCUT2D eigenvalue weighted by atomic mass is 16.5. The van der Waals surface area contributed by atoms with Gasteiger partial charge in [-0.25, -0.2) is 9.97 Å². The van der Waals surface area contributed by atoms with Gasteiger partial charge in [-0.3, -0.25) is 19.0 Å². The van der Waals surface area contributed by atoms with E-state index in [1.54, 1.807) is 25.2 Å². The second-order valence-corrected chi connectivity index (χ2v) is 8.78. The molecule has 2 aromatic heterocycles. The maximum absolute atomic E-state index is 13.0. The lowest BCUT2D eigenvalue weighted by Crippen LogP contribution is -2.39. The van der Waals surface area contributed by atoms with Crippen molar-refractivity contribution in [2.75, 3.05) is 50.9 Å². The molecule has 0 bridgehead atoms. The first-order valence-electron chi connectivity index (χ1n) is 12.1. The maximum Gasteiger partial charge on any atom is 0.259 e. The topological polar surface area (TPSA) is 154 Å². The summed E-state index contributed by atoms with van der Waals surface area (Å²) in [5.41, 5.74) is 5.31. The molecule has 1 aliphatic rings. The summed E-state index contributed by atoms with van der Waals surface area (Å²) < 4.78 is 12.6. The third kappa shape index (κ3) is 6.15. The van der Waals surface area contributed by atoms with E-state index in [4.69, 9.17) is 15.2 Å². The van der Waals surface area contributed by atoms with Crippen molar-refractivity contribution in [3.05, 3.63) is 46.5 Å². The molecule has 3 heterocycles. The summed E-state index contributed by atoms with van der Waals surface area (Å²) in [6.45, 7) is 3.29. The Kier molecular flexibility index (Phi) is 8.18. The van der Waals surface area contributed by atoms with E-state index in [-0.39, 0.29) is 41.2 Å². The molecular formula is C25H31N7O5. The highest BCUT2D eigenvalue weighted by molar-refractivity contribution is 6.04. The highest BCUT2D eigenvalue weighted by Gasteiger charge is 2.18. The number of benzene rings is 1. The minimum atomic E-state index is -0.512. The summed E-state index contributed by atoms with van der Waals surface area (Å²) in [6, 6.07) is 4.80. The van der Waals surface area contributed by atoms with Crippen LogP contribution in [0.4, 0.5) is 11.8 Å². The summed E-state index contributed by atoms with van der Waals surface area (Å²) in [6.07, 6.45) is 6.25. The highest BCUT2D eigenvalue weighted by Crippen LogP contribution is 2.35. The lowest BCUT2D eigenvalue weighted by molar-refractivity contribution is -0.123. The number of nitrogens with zero attached hydrogens (tertiary/aromatic N) is 4. The van der Waals surface area contributed by atoms with Crippen LogP contribution in [-0.2, 0) is 11.8 Å². The van der Waals surface area contributed by atoms with Crippen LogP contribution in [0.5, 0.6) is 11.5 Å². The quantitative estimate of drug-likeness (QED) is 0.385. The van der Waals surface area contributed by atoms with Crippen LogP contribution in [0.3, 0.4) is 0 Å². The number of methoxy groups -OCH3 is 1. The number of likely N-dealkylation sites (tertiary alicyclic amines) is 1. The van der Waals surface area contributed by atoms with Crippen molar-refractivity contribution in [3.8, 4) is 11.5 Å². The Morgan fingerprint density at radius 2 is 1.84 bits per heavy atom. The summed E-state index contributed by atoms with van der Waals surface area (Å²) >= 11 is 0. The lowest BCUT2D eigenvalue weighted by Gasteiger charge is -2.26. The minimum Gasteiger partial charge on any atom is -0.492 e. The van der Waals surface area contributed by atoms with Gasteiger partial charge >= 0.3 is 0 Å². The Hall–Kier alpha value is -4.19. The summed E-state index contributed by atoms with van der Waals surface area (Å²) in [4.78, 5) is 48.0. The number of ether oxygens (including phenoxy) is 2. The van der Waals surface area contributed by atoms with E-state index < -0.39 is 5.91 Å².